The van der Waals surface area contributed by atoms with Crippen LogP contribution < -0.4 is 4.74 Å². The fraction of sp³-hybridized carbons (Fsp3) is 0.208. The normalized spacial score (nSPS) is 13.7. The Labute approximate surface area is 186 Å². The van der Waals surface area contributed by atoms with E-state index in [9.17, 15) is 0 Å². The highest BCUT2D eigenvalue weighted by atomic mass is 32.1. The first-order valence-corrected chi connectivity index (χ1v) is 10.7. The maximum atomic E-state index is 5.88. The maximum absolute atomic E-state index is 5.88. The van der Waals surface area contributed by atoms with Crippen LogP contribution in [-0.2, 0) is 19.6 Å². The van der Waals surface area contributed by atoms with Crippen LogP contribution in [0.4, 0.5) is 0 Å². The van der Waals surface area contributed by atoms with E-state index in [4.69, 9.17) is 22.1 Å². The monoisotopic (exact) mass is 429 g/mol. The van der Waals surface area contributed by atoms with E-state index in [1.807, 2.05) is 64.0 Å². The van der Waals surface area contributed by atoms with Crippen molar-refractivity contribution < 1.29 is 4.74 Å². The zero-order valence-electron chi connectivity index (χ0n) is 17.3. The molecule has 7 heteroatoms. The summed E-state index contributed by atoms with van der Waals surface area (Å²) in [5, 5.41) is 4.91. The minimum absolute atomic E-state index is 0.628. The van der Waals surface area contributed by atoms with E-state index in [2.05, 4.69) is 22.0 Å². The van der Waals surface area contributed by atoms with Crippen molar-refractivity contribution in [3.8, 4) is 22.8 Å². The summed E-state index contributed by atoms with van der Waals surface area (Å²) < 4.78 is 10.0. The molecule has 1 aliphatic rings. The second kappa shape index (κ2) is 8.45. The summed E-state index contributed by atoms with van der Waals surface area (Å²) in [6.07, 6.45) is 4.59. The summed E-state index contributed by atoms with van der Waals surface area (Å²) >= 11 is 5.88. The quantitative estimate of drug-likeness (QED) is 0.438. The number of aromatic nitrogens is 4. The number of hydrogen-bond donors (Lipinski definition) is 0. The number of rotatable bonds is 5. The third kappa shape index (κ3) is 3.89. The predicted molar refractivity (Wildman–Crippen MR) is 123 cm³/mol. The van der Waals surface area contributed by atoms with Crippen LogP contribution in [0, 0.1) is 4.77 Å². The first kappa shape index (κ1) is 19.7. The van der Waals surface area contributed by atoms with Gasteiger partial charge < -0.3 is 4.74 Å². The van der Waals surface area contributed by atoms with Crippen molar-refractivity contribution in [3.63, 3.8) is 0 Å². The van der Waals surface area contributed by atoms with Gasteiger partial charge in [0.2, 0.25) is 4.77 Å². The Kier molecular flexibility index (Phi) is 5.36. The third-order valence-corrected chi connectivity index (χ3v) is 6.01. The second-order valence-electron chi connectivity index (χ2n) is 7.60. The average Bonchev–Trinajstić information content (AvgIpc) is 3.15. The van der Waals surface area contributed by atoms with Crippen molar-refractivity contribution in [2.24, 2.45) is 0 Å². The largest absolute Gasteiger partial charge is 0.497 e. The number of hydrogen-bond acceptors (Lipinski definition) is 5. The van der Waals surface area contributed by atoms with E-state index in [-0.39, 0.29) is 0 Å². The maximum Gasteiger partial charge on any atom is 0.204 e. The molecular formula is C24H23N5OS. The van der Waals surface area contributed by atoms with E-state index in [1.165, 1.54) is 11.1 Å². The molecule has 2 aromatic carbocycles. The molecular weight excluding hydrogens is 406 g/mol. The Morgan fingerprint density at radius 1 is 1.03 bits per heavy atom. The van der Waals surface area contributed by atoms with Crippen LogP contribution in [0.15, 0.2) is 73.1 Å². The Balaban J connectivity index is 1.50. The number of fused-ring (bicyclic) bond motifs is 1. The first-order chi connectivity index (χ1) is 15.2. The number of pyridine rings is 1. The fourth-order valence-corrected chi connectivity index (χ4v) is 4.31. The standard InChI is InChI=1S/C24H23N5OS/c1-30-22-10-9-18-11-13-27(16-20(18)14-22)17-28-24(31)29(21-7-3-2-4-8-21)23(26-28)19-6-5-12-25-15-19/h2-10,12,14-15H,11,13,16-17H2,1H3. The summed E-state index contributed by atoms with van der Waals surface area (Å²) in [6, 6.07) is 20.4. The molecule has 0 bridgehead atoms. The molecule has 0 fully saturated rings. The predicted octanol–water partition coefficient (Wildman–Crippen LogP) is 4.49. The molecule has 0 aliphatic carbocycles. The van der Waals surface area contributed by atoms with Crippen molar-refractivity contribution in [2.75, 3.05) is 13.7 Å². The molecule has 0 amide bonds. The molecule has 0 N–H and O–H groups in total. The van der Waals surface area contributed by atoms with Crippen LogP contribution in [0.2, 0.25) is 0 Å². The molecule has 0 saturated carbocycles. The summed E-state index contributed by atoms with van der Waals surface area (Å²) in [5.41, 5.74) is 4.61. The topological polar surface area (TPSA) is 48.1 Å². The van der Waals surface area contributed by atoms with Crippen molar-refractivity contribution in [3.05, 3.63) is 89.0 Å². The molecule has 0 atom stereocenters. The van der Waals surface area contributed by atoms with Crippen molar-refractivity contribution in [1.82, 2.24) is 24.2 Å². The molecule has 0 unspecified atom stereocenters. The van der Waals surface area contributed by atoms with Gasteiger partial charge in [-0.25, -0.2) is 4.68 Å². The number of ether oxygens (including phenoxy) is 1. The van der Waals surface area contributed by atoms with Gasteiger partial charge in [-0.15, -0.1) is 5.10 Å². The van der Waals surface area contributed by atoms with Gasteiger partial charge in [0.05, 0.1) is 13.8 Å². The molecule has 1 aliphatic heterocycles. The Morgan fingerprint density at radius 2 is 1.90 bits per heavy atom. The zero-order chi connectivity index (χ0) is 21.2. The summed E-state index contributed by atoms with van der Waals surface area (Å²) in [6.45, 7) is 2.43. The van der Waals surface area contributed by atoms with Crippen molar-refractivity contribution in [2.45, 2.75) is 19.6 Å². The van der Waals surface area contributed by atoms with E-state index < -0.39 is 0 Å². The Hall–Kier alpha value is -3.29. The van der Waals surface area contributed by atoms with Gasteiger partial charge in [-0.05, 0) is 66.2 Å². The number of para-hydroxylation sites is 1. The highest BCUT2D eigenvalue weighted by Gasteiger charge is 2.20. The second-order valence-corrected chi connectivity index (χ2v) is 7.96. The molecule has 6 nitrogen and oxygen atoms in total. The average molecular weight is 430 g/mol. The third-order valence-electron chi connectivity index (χ3n) is 5.61. The zero-order valence-corrected chi connectivity index (χ0v) is 18.1. The van der Waals surface area contributed by atoms with Gasteiger partial charge in [0.15, 0.2) is 5.82 Å². The molecule has 2 aromatic heterocycles. The number of nitrogens with zero attached hydrogens (tertiary/aromatic N) is 5. The van der Waals surface area contributed by atoms with Crippen molar-refractivity contribution in [1.29, 1.82) is 0 Å². The minimum atomic E-state index is 0.628. The van der Waals surface area contributed by atoms with Gasteiger partial charge in [-0.3, -0.25) is 14.5 Å². The van der Waals surface area contributed by atoms with Gasteiger partial charge in [-0.2, -0.15) is 0 Å². The molecule has 0 saturated heterocycles. The van der Waals surface area contributed by atoms with Gasteiger partial charge in [0, 0.05) is 36.7 Å². The number of methoxy groups -OCH3 is 1. The Morgan fingerprint density at radius 3 is 2.68 bits per heavy atom. The highest BCUT2D eigenvalue weighted by molar-refractivity contribution is 7.71. The van der Waals surface area contributed by atoms with E-state index in [1.54, 1.807) is 13.3 Å². The molecule has 31 heavy (non-hydrogen) atoms. The number of benzene rings is 2. The van der Waals surface area contributed by atoms with Crippen LogP contribution in [0.5, 0.6) is 5.75 Å². The smallest absolute Gasteiger partial charge is 0.204 e. The van der Waals surface area contributed by atoms with Gasteiger partial charge in [0.25, 0.3) is 0 Å². The molecule has 0 spiro atoms. The molecule has 4 aromatic rings. The SMILES string of the molecule is COc1ccc2c(c1)CN(Cn1nc(-c3cccnc3)n(-c3ccccc3)c1=S)CC2. The summed E-state index contributed by atoms with van der Waals surface area (Å²) in [5.74, 6) is 1.69. The highest BCUT2D eigenvalue weighted by Crippen LogP contribution is 2.25. The molecule has 0 radical (unpaired) electrons. The lowest BCUT2D eigenvalue weighted by Gasteiger charge is -2.28. The van der Waals surface area contributed by atoms with E-state index in [0.29, 0.717) is 11.4 Å². The summed E-state index contributed by atoms with van der Waals surface area (Å²) in [4.78, 5) is 6.64. The van der Waals surface area contributed by atoms with Crippen molar-refractivity contribution >= 4 is 12.2 Å². The first-order valence-electron chi connectivity index (χ1n) is 10.3. The van der Waals surface area contributed by atoms with Crippen LogP contribution >= 0.6 is 12.2 Å². The fourth-order valence-electron chi connectivity index (χ4n) is 4.02. The molecule has 156 valence electrons. The Bertz CT molecular complexity index is 1250. The minimum Gasteiger partial charge on any atom is -0.497 e. The van der Waals surface area contributed by atoms with Crippen LogP contribution in [0.3, 0.4) is 0 Å². The lowest BCUT2D eigenvalue weighted by atomic mass is 10.00. The summed E-state index contributed by atoms with van der Waals surface area (Å²) in [7, 11) is 1.71. The molecule has 3 heterocycles. The van der Waals surface area contributed by atoms with Crippen LogP contribution in [0.1, 0.15) is 11.1 Å². The lowest BCUT2D eigenvalue weighted by molar-refractivity contribution is 0.188. The van der Waals surface area contributed by atoms with Gasteiger partial charge in [-0.1, -0.05) is 24.3 Å². The lowest BCUT2D eigenvalue weighted by Crippen LogP contribution is -2.32. The van der Waals surface area contributed by atoms with Gasteiger partial charge in [0.1, 0.15) is 5.75 Å². The van der Waals surface area contributed by atoms with Crippen LogP contribution in [0.25, 0.3) is 17.1 Å². The van der Waals surface area contributed by atoms with Crippen LogP contribution in [-0.4, -0.2) is 37.9 Å². The molecule has 5 rings (SSSR count). The van der Waals surface area contributed by atoms with E-state index >= 15 is 0 Å². The van der Waals surface area contributed by atoms with Gasteiger partial charge >= 0.3 is 0 Å². The van der Waals surface area contributed by atoms with E-state index in [0.717, 1.165) is 42.3 Å².